The number of anilines is 1. The van der Waals surface area contributed by atoms with Gasteiger partial charge in [0.05, 0.1) is 0 Å². The van der Waals surface area contributed by atoms with Crippen molar-refractivity contribution in [2.45, 2.75) is 12.9 Å². The van der Waals surface area contributed by atoms with Gasteiger partial charge in [0.2, 0.25) is 5.91 Å². The zero-order valence-corrected chi connectivity index (χ0v) is 18.9. The number of hydrogen-bond donors (Lipinski definition) is 2. The molecule has 2 N–H and O–H groups in total. The SMILES string of the molecule is C=CC(=O)NCc1cc(-c2ccc(OC(F)(F)F)cc2)c2c(c1[CH2-])N=CCN2.[K+]. The average molecular weight is 427 g/mol. The fourth-order valence-corrected chi connectivity index (χ4v) is 2.85. The normalized spacial score (nSPS) is 12.2. The van der Waals surface area contributed by atoms with Crippen molar-refractivity contribution < 1.29 is 74.1 Å². The third-order valence-electron chi connectivity index (χ3n) is 4.13. The summed E-state index contributed by atoms with van der Waals surface area (Å²) in [6, 6.07) is 7.40. The quantitative estimate of drug-likeness (QED) is 0.431. The summed E-state index contributed by atoms with van der Waals surface area (Å²) in [6.45, 7) is 8.19. The van der Waals surface area contributed by atoms with Crippen LogP contribution in [-0.2, 0) is 11.3 Å². The molecule has 1 heterocycles. The van der Waals surface area contributed by atoms with Crippen LogP contribution in [0.2, 0.25) is 0 Å². The van der Waals surface area contributed by atoms with Gasteiger partial charge in [-0.15, -0.1) is 24.8 Å². The Morgan fingerprint density at radius 3 is 2.66 bits per heavy atom. The minimum Gasteiger partial charge on any atom is -0.406 e. The minimum absolute atomic E-state index is 0. The molecule has 0 bridgehead atoms. The largest absolute Gasteiger partial charge is 1.00 e. The summed E-state index contributed by atoms with van der Waals surface area (Å²) in [7, 11) is 0. The van der Waals surface area contributed by atoms with E-state index in [0.29, 0.717) is 23.4 Å². The van der Waals surface area contributed by atoms with E-state index >= 15 is 0 Å². The van der Waals surface area contributed by atoms with E-state index in [-0.39, 0.29) is 69.6 Å². The molecule has 2 aromatic carbocycles. The third kappa shape index (κ3) is 5.86. The molecule has 5 nitrogen and oxygen atoms in total. The number of rotatable bonds is 5. The summed E-state index contributed by atoms with van der Waals surface area (Å²) >= 11 is 0. The Bertz CT molecular complexity index is 941. The second kappa shape index (κ2) is 9.81. The summed E-state index contributed by atoms with van der Waals surface area (Å²) in [5.41, 5.74) is 4.16. The van der Waals surface area contributed by atoms with Crippen LogP contribution in [0.1, 0.15) is 11.1 Å². The standard InChI is InChI=1S/C20H17F3N3O2.K/c1-3-17(27)26-11-14-10-16(19-18(12(14)2)24-8-9-25-19)13-4-6-15(7-5-13)28-20(21,22)23;/h3-8,10,25H,1-2,9,11H2,(H,26,27);/q-1;+1. The number of amides is 1. The molecule has 0 radical (unpaired) electrons. The van der Waals surface area contributed by atoms with Gasteiger partial charge < -0.3 is 20.4 Å². The van der Waals surface area contributed by atoms with Crippen molar-refractivity contribution >= 4 is 23.5 Å². The molecule has 0 fully saturated rings. The van der Waals surface area contributed by atoms with Crippen LogP contribution in [0.25, 0.3) is 11.1 Å². The van der Waals surface area contributed by atoms with Gasteiger partial charge in [-0.05, 0) is 41.6 Å². The molecule has 0 aliphatic carbocycles. The fourth-order valence-electron chi connectivity index (χ4n) is 2.85. The Labute approximate surface area is 208 Å². The van der Waals surface area contributed by atoms with Gasteiger partial charge >= 0.3 is 57.7 Å². The van der Waals surface area contributed by atoms with Crippen molar-refractivity contribution in [3.05, 3.63) is 61.0 Å². The average Bonchev–Trinajstić information content (AvgIpc) is 2.67. The molecule has 0 atom stereocenters. The number of ether oxygens (including phenoxy) is 1. The molecule has 146 valence electrons. The molecule has 9 heteroatoms. The maximum atomic E-state index is 12.4. The number of nitrogens with zero attached hydrogens (tertiary/aromatic N) is 1. The first-order valence-corrected chi connectivity index (χ1v) is 8.33. The van der Waals surface area contributed by atoms with Crippen molar-refractivity contribution in [2.75, 3.05) is 11.9 Å². The minimum atomic E-state index is -4.75. The molecule has 0 aromatic heterocycles. The van der Waals surface area contributed by atoms with Crippen LogP contribution in [0.15, 0.2) is 48.0 Å². The Kier molecular flexibility index (Phi) is 7.95. The molecule has 0 spiro atoms. The zero-order valence-electron chi connectivity index (χ0n) is 15.8. The Morgan fingerprint density at radius 1 is 1.34 bits per heavy atom. The molecule has 1 aliphatic heterocycles. The zero-order chi connectivity index (χ0) is 20.3. The first-order chi connectivity index (χ1) is 13.3. The molecule has 0 unspecified atom stereocenters. The summed E-state index contributed by atoms with van der Waals surface area (Å²) in [6.07, 6.45) is -1.88. The maximum absolute atomic E-state index is 12.4. The first kappa shape index (κ1) is 23.5. The van der Waals surface area contributed by atoms with Gasteiger partial charge in [-0.3, -0.25) is 4.79 Å². The Hall–Kier alpha value is -1.78. The molecule has 29 heavy (non-hydrogen) atoms. The number of fused-ring (bicyclic) bond motifs is 1. The second-order valence-electron chi connectivity index (χ2n) is 5.97. The number of hydrogen-bond acceptors (Lipinski definition) is 4. The number of nitrogens with one attached hydrogen (secondary N) is 2. The predicted octanol–water partition coefficient (Wildman–Crippen LogP) is 1.37. The summed E-state index contributed by atoms with van der Waals surface area (Å²) < 4.78 is 41.0. The van der Waals surface area contributed by atoms with Crippen LogP contribution in [-0.4, -0.2) is 25.0 Å². The van der Waals surface area contributed by atoms with Crippen LogP contribution < -0.4 is 66.8 Å². The monoisotopic (exact) mass is 427 g/mol. The second-order valence-corrected chi connectivity index (χ2v) is 5.97. The topological polar surface area (TPSA) is 62.7 Å². The molecule has 0 saturated heterocycles. The van der Waals surface area contributed by atoms with E-state index in [0.717, 1.165) is 16.8 Å². The Morgan fingerprint density at radius 2 is 2.03 bits per heavy atom. The maximum Gasteiger partial charge on any atom is 1.00 e. The van der Waals surface area contributed by atoms with E-state index in [1.54, 1.807) is 6.21 Å². The summed E-state index contributed by atoms with van der Waals surface area (Å²) in [4.78, 5) is 15.9. The predicted molar refractivity (Wildman–Crippen MR) is 102 cm³/mol. The van der Waals surface area contributed by atoms with E-state index in [9.17, 15) is 18.0 Å². The van der Waals surface area contributed by atoms with Crippen molar-refractivity contribution in [1.29, 1.82) is 0 Å². The Balaban J connectivity index is 0.00000300. The summed E-state index contributed by atoms with van der Waals surface area (Å²) in [5.74, 6) is -0.628. The van der Waals surface area contributed by atoms with Crippen LogP contribution >= 0.6 is 0 Å². The van der Waals surface area contributed by atoms with E-state index in [1.165, 1.54) is 30.3 Å². The molecule has 0 saturated carbocycles. The molecule has 1 amide bonds. The molecular formula is C20H17F3KN3O2. The number of halogens is 3. The van der Waals surface area contributed by atoms with Crippen molar-refractivity contribution in [1.82, 2.24) is 5.32 Å². The number of alkyl halides is 3. The van der Waals surface area contributed by atoms with Crippen LogP contribution in [0.4, 0.5) is 24.5 Å². The molecule has 2 aromatic rings. The summed E-state index contributed by atoms with van der Waals surface area (Å²) in [5, 5.41) is 5.92. The number of carbonyl (C=O) groups excluding carboxylic acids is 1. The van der Waals surface area contributed by atoms with E-state index in [4.69, 9.17) is 0 Å². The van der Waals surface area contributed by atoms with E-state index in [1.807, 2.05) is 6.07 Å². The number of carbonyl (C=O) groups is 1. The van der Waals surface area contributed by atoms with Crippen LogP contribution in [0, 0.1) is 6.92 Å². The number of aliphatic imine (C=N–C) groups is 1. The van der Waals surface area contributed by atoms with Crippen LogP contribution in [0.5, 0.6) is 5.75 Å². The van der Waals surface area contributed by atoms with E-state index < -0.39 is 6.36 Å². The van der Waals surface area contributed by atoms with Gasteiger partial charge in [0, 0.05) is 18.4 Å². The van der Waals surface area contributed by atoms with Gasteiger partial charge in [-0.1, -0.05) is 18.7 Å². The van der Waals surface area contributed by atoms with Gasteiger partial charge in [0.1, 0.15) is 5.75 Å². The van der Waals surface area contributed by atoms with Gasteiger partial charge in [-0.25, -0.2) is 0 Å². The first-order valence-electron chi connectivity index (χ1n) is 8.33. The molecule has 1 aliphatic rings. The van der Waals surface area contributed by atoms with Crippen LogP contribution in [0.3, 0.4) is 0 Å². The molecular weight excluding hydrogens is 410 g/mol. The van der Waals surface area contributed by atoms with Crippen molar-refractivity contribution in [2.24, 2.45) is 4.99 Å². The van der Waals surface area contributed by atoms with Crippen molar-refractivity contribution in [3.8, 4) is 16.9 Å². The van der Waals surface area contributed by atoms with Crippen molar-refractivity contribution in [3.63, 3.8) is 0 Å². The third-order valence-corrected chi connectivity index (χ3v) is 4.13. The smallest absolute Gasteiger partial charge is 0.406 e. The number of benzene rings is 2. The molecule has 3 rings (SSSR count). The van der Waals surface area contributed by atoms with E-state index in [2.05, 4.69) is 33.9 Å². The van der Waals surface area contributed by atoms with Gasteiger partial charge in [0.25, 0.3) is 0 Å². The van der Waals surface area contributed by atoms with Gasteiger partial charge in [0.15, 0.2) is 0 Å². The van der Waals surface area contributed by atoms with Gasteiger partial charge in [-0.2, -0.15) is 12.5 Å². The fraction of sp³-hybridized carbons (Fsp3) is 0.150.